The fourth-order valence-electron chi connectivity index (χ4n) is 3.50. The molecule has 0 bridgehead atoms. The molecule has 0 rings (SSSR count). The van der Waals surface area contributed by atoms with Crippen LogP contribution < -0.4 is 11.2 Å². The number of unbranched alkanes of at least 4 members (excludes halogenated alkanes) is 13. The van der Waals surface area contributed by atoms with E-state index in [1.807, 2.05) is 0 Å². The van der Waals surface area contributed by atoms with Crippen LogP contribution in [-0.2, 0) is 14.4 Å². The van der Waals surface area contributed by atoms with Crippen molar-refractivity contribution in [3.63, 3.8) is 0 Å². The van der Waals surface area contributed by atoms with Gasteiger partial charge in [0.15, 0.2) is 0 Å². The van der Waals surface area contributed by atoms with Gasteiger partial charge in [-0.1, -0.05) is 77.0 Å². The number of carboxylic acids is 2. The predicted molar refractivity (Wildman–Crippen MR) is 121 cm³/mol. The molecule has 0 saturated heterocycles. The van der Waals surface area contributed by atoms with E-state index in [0.717, 1.165) is 44.9 Å². The molecule has 32 heavy (non-hydrogen) atoms. The van der Waals surface area contributed by atoms with E-state index in [1.54, 1.807) is 0 Å². The monoisotopic (exact) mass is 458 g/mol. The van der Waals surface area contributed by atoms with Gasteiger partial charge in [-0.3, -0.25) is 9.59 Å². The summed E-state index contributed by atoms with van der Waals surface area (Å²) in [4.78, 5) is 33.7. The number of nitrogens with one attached hydrogen (secondary N) is 1. The van der Waals surface area contributed by atoms with Gasteiger partial charge in [-0.15, -0.1) is 0 Å². The highest BCUT2D eigenvalue weighted by atomic mass is 16.5. The van der Waals surface area contributed by atoms with Gasteiger partial charge in [0.1, 0.15) is 12.6 Å². The first-order valence-electron chi connectivity index (χ1n) is 12.0. The standard InChI is InChI=1S/C22H42N4O6/c23-25-26(32)18-17-19(22(30)31)24-20(27)15-13-11-9-7-5-3-1-2-4-6-8-10-12-14-16-21(28)29/h19H,1-18,23H2,(H,24,27)(H,28,29)(H,30,31)/t19-/m0/s1. The number of rotatable bonds is 22. The zero-order chi connectivity index (χ0) is 24.0. The summed E-state index contributed by atoms with van der Waals surface area (Å²) in [7, 11) is 0. The van der Waals surface area contributed by atoms with Crippen molar-refractivity contribution in [1.29, 1.82) is 0 Å². The molecule has 5 N–H and O–H groups in total. The van der Waals surface area contributed by atoms with E-state index in [-0.39, 0.29) is 36.6 Å². The van der Waals surface area contributed by atoms with Gasteiger partial charge in [0.25, 0.3) is 0 Å². The minimum atomic E-state index is -1.18. The van der Waals surface area contributed by atoms with Crippen molar-refractivity contribution < 1.29 is 29.5 Å². The first-order chi connectivity index (χ1) is 15.4. The Morgan fingerprint density at radius 3 is 1.56 bits per heavy atom. The second-order valence-electron chi connectivity index (χ2n) is 8.28. The van der Waals surface area contributed by atoms with Crippen LogP contribution in [-0.4, -0.2) is 45.5 Å². The third-order valence-electron chi connectivity index (χ3n) is 5.42. The van der Waals surface area contributed by atoms with Crippen molar-refractivity contribution in [2.75, 3.05) is 6.54 Å². The molecule has 0 aromatic rings. The Kier molecular flexibility index (Phi) is 19.0. The number of carboxylic acid groups (broad SMARTS) is 2. The summed E-state index contributed by atoms with van der Waals surface area (Å²) in [6, 6.07) is -1.11. The van der Waals surface area contributed by atoms with Gasteiger partial charge < -0.3 is 20.7 Å². The van der Waals surface area contributed by atoms with Gasteiger partial charge in [0.2, 0.25) is 5.91 Å². The summed E-state index contributed by atoms with van der Waals surface area (Å²) < 4.78 is 0. The SMILES string of the molecule is NN=[N+]([O-])CC[C@H](NC(=O)CCCCCCCCCCCCCCCCC(=O)O)C(=O)O. The molecule has 0 saturated carbocycles. The average Bonchev–Trinajstić information content (AvgIpc) is 2.75. The number of aliphatic carboxylic acids is 2. The van der Waals surface area contributed by atoms with E-state index in [0.29, 0.717) is 0 Å². The molecule has 10 nitrogen and oxygen atoms in total. The molecule has 1 atom stereocenters. The number of carbonyl (C=O) groups excluding carboxylic acids is 1. The Morgan fingerprint density at radius 2 is 1.19 bits per heavy atom. The first kappa shape index (κ1) is 29.6. The van der Waals surface area contributed by atoms with E-state index in [4.69, 9.17) is 16.1 Å². The maximum atomic E-state index is 11.9. The van der Waals surface area contributed by atoms with Gasteiger partial charge in [0.05, 0.1) is 5.22 Å². The van der Waals surface area contributed by atoms with Crippen molar-refractivity contribution in [1.82, 2.24) is 5.32 Å². The lowest BCUT2D eigenvalue weighted by molar-refractivity contribution is -0.532. The second kappa shape index (κ2) is 20.5. The van der Waals surface area contributed by atoms with Gasteiger partial charge in [0, 0.05) is 19.3 Å². The van der Waals surface area contributed by atoms with Crippen LogP contribution in [0.4, 0.5) is 0 Å². The van der Waals surface area contributed by atoms with Crippen LogP contribution in [0.1, 0.15) is 109 Å². The third-order valence-corrected chi connectivity index (χ3v) is 5.42. The molecular weight excluding hydrogens is 416 g/mol. The topological polar surface area (TPSA) is 168 Å². The van der Waals surface area contributed by atoms with Crippen molar-refractivity contribution in [2.45, 2.75) is 115 Å². The predicted octanol–water partition coefficient (Wildman–Crippen LogP) is 4.11. The Balaban J connectivity index is 3.49. The molecule has 0 spiro atoms. The third kappa shape index (κ3) is 19.6. The van der Waals surface area contributed by atoms with Crippen LogP contribution in [0.3, 0.4) is 0 Å². The van der Waals surface area contributed by atoms with E-state index in [1.165, 1.54) is 44.9 Å². The highest BCUT2D eigenvalue weighted by Crippen LogP contribution is 2.13. The maximum absolute atomic E-state index is 11.9. The molecule has 0 aromatic carbocycles. The number of amides is 1. The first-order valence-corrected chi connectivity index (χ1v) is 12.0. The molecule has 0 aliphatic carbocycles. The van der Waals surface area contributed by atoms with Crippen LogP contribution in [0.25, 0.3) is 0 Å². The number of hydroxylamine groups is 1. The van der Waals surface area contributed by atoms with E-state index in [2.05, 4.69) is 10.5 Å². The van der Waals surface area contributed by atoms with Crippen molar-refractivity contribution in [3.8, 4) is 0 Å². The molecule has 0 heterocycles. The number of hydrogen-bond donors (Lipinski definition) is 4. The van der Waals surface area contributed by atoms with Gasteiger partial charge >= 0.3 is 11.9 Å². The fourth-order valence-corrected chi connectivity index (χ4v) is 3.50. The van der Waals surface area contributed by atoms with Crippen molar-refractivity contribution in [2.24, 2.45) is 11.1 Å². The molecule has 0 aromatic heterocycles. The minimum Gasteiger partial charge on any atom is -0.696 e. The van der Waals surface area contributed by atoms with Crippen molar-refractivity contribution >= 4 is 17.8 Å². The van der Waals surface area contributed by atoms with E-state index >= 15 is 0 Å². The van der Waals surface area contributed by atoms with Gasteiger partial charge in [-0.05, 0) is 12.8 Å². The molecule has 0 fully saturated rings. The summed E-state index contributed by atoms with van der Waals surface area (Å²) >= 11 is 0. The Labute approximate surface area is 191 Å². The summed E-state index contributed by atoms with van der Waals surface area (Å²) in [5.74, 6) is 2.60. The number of carbonyl (C=O) groups is 3. The summed E-state index contributed by atoms with van der Waals surface area (Å²) in [5, 5.41) is 34.0. The van der Waals surface area contributed by atoms with E-state index < -0.39 is 18.0 Å². The fraction of sp³-hybridized carbons (Fsp3) is 0.864. The van der Waals surface area contributed by atoms with Crippen LogP contribution in [0.15, 0.2) is 5.22 Å². The molecule has 0 radical (unpaired) electrons. The summed E-state index contributed by atoms with van der Waals surface area (Å²) in [6.45, 7) is -0.192. The molecule has 0 aliphatic rings. The lowest BCUT2D eigenvalue weighted by atomic mass is 10.0. The highest BCUT2D eigenvalue weighted by molar-refractivity contribution is 5.83. The van der Waals surface area contributed by atoms with Crippen LogP contribution in [0.5, 0.6) is 0 Å². The molecule has 10 heteroatoms. The zero-order valence-electron chi connectivity index (χ0n) is 19.3. The van der Waals surface area contributed by atoms with Crippen LogP contribution in [0.2, 0.25) is 0 Å². The van der Waals surface area contributed by atoms with Gasteiger partial charge in [-0.25, -0.2) is 4.79 Å². The molecular formula is C22H42N4O6. The van der Waals surface area contributed by atoms with Crippen LogP contribution in [0, 0.1) is 5.21 Å². The lowest BCUT2D eigenvalue weighted by Gasteiger charge is -2.14. The number of hydrogen-bond acceptors (Lipinski definition) is 5. The largest absolute Gasteiger partial charge is 0.696 e. The lowest BCUT2D eigenvalue weighted by Crippen LogP contribution is -2.41. The highest BCUT2D eigenvalue weighted by Gasteiger charge is 2.20. The molecule has 0 aliphatic heterocycles. The quantitative estimate of drug-likeness (QED) is 0.0622. The average molecular weight is 459 g/mol. The Bertz CT molecular complexity index is 557. The zero-order valence-corrected chi connectivity index (χ0v) is 19.3. The van der Waals surface area contributed by atoms with Crippen molar-refractivity contribution in [3.05, 3.63) is 5.21 Å². The summed E-state index contributed by atoms with van der Waals surface area (Å²) in [5.41, 5.74) is 0. The second-order valence-corrected chi connectivity index (χ2v) is 8.28. The molecule has 0 unspecified atom stereocenters. The van der Waals surface area contributed by atoms with Crippen LogP contribution >= 0.6 is 0 Å². The Morgan fingerprint density at radius 1 is 0.781 bits per heavy atom. The number of nitrogens with two attached hydrogens (primary N) is 1. The smallest absolute Gasteiger partial charge is 0.326 e. The summed E-state index contributed by atoms with van der Waals surface area (Å²) in [6.07, 6.45) is 15.9. The van der Waals surface area contributed by atoms with E-state index in [9.17, 15) is 19.6 Å². The normalized spacial score (nSPS) is 12.4. The number of nitrogens with zero attached hydrogens (tertiary/aromatic N) is 2. The molecule has 186 valence electrons. The van der Waals surface area contributed by atoms with Gasteiger partial charge in [-0.2, -0.15) is 10.7 Å². The minimum absolute atomic E-state index is 0.0575. The molecule has 1 amide bonds. The maximum Gasteiger partial charge on any atom is 0.326 e. The Hall–Kier alpha value is -2.39.